The van der Waals surface area contributed by atoms with E-state index in [2.05, 4.69) is 6.92 Å². The van der Waals surface area contributed by atoms with Crippen LogP contribution in [0.15, 0.2) is 35.4 Å². The fourth-order valence-electron chi connectivity index (χ4n) is 4.43. The molecule has 1 aliphatic rings. The van der Waals surface area contributed by atoms with Crippen LogP contribution in [0.25, 0.3) is 0 Å². The minimum absolute atomic E-state index is 0.271. The van der Waals surface area contributed by atoms with E-state index >= 15 is 0 Å². The van der Waals surface area contributed by atoms with Crippen LogP contribution in [0.3, 0.4) is 0 Å². The SMILES string of the molecule is CC(C)=C[C@H](O)[C@@H](O)C(C)=CCC[C@@](C)(O)CCC[C@]1(C)CCc2cc(O)cc(C)c2O1. The third-order valence-corrected chi connectivity index (χ3v) is 6.47. The molecule has 180 valence electrons. The van der Waals surface area contributed by atoms with Crippen molar-refractivity contribution in [1.82, 2.24) is 0 Å². The highest BCUT2D eigenvalue weighted by atomic mass is 16.5. The summed E-state index contributed by atoms with van der Waals surface area (Å²) in [6.45, 7) is 11.5. The van der Waals surface area contributed by atoms with Crippen molar-refractivity contribution in [3.63, 3.8) is 0 Å². The predicted octanol–water partition coefficient (Wildman–Crippen LogP) is 5.12. The van der Waals surface area contributed by atoms with Gasteiger partial charge < -0.3 is 25.2 Å². The highest BCUT2D eigenvalue weighted by Crippen LogP contribution is 2.40. The van der Waals surface area contributed by atoms with Gasteiger partial charge in [0.15, 0.2) is 0 Å². The third kappa shape index (κ3) is 7.65. The van der Waals surface area contributed by atoms with Crippen LogP contribution in [0, 0.1) is 6.92 Å². The molecule has 4 N–H and O–H groups in total. The fourth-order valence-corrected chi connectivity index (χ4v) is 4.43. The Morgan fingerprint density at radius 3 is 2.56 bits per heavy atom. The number of ether oxygens (including phenoxy) is 1. The lowest BCUT2D eigenvalue weighted by molar-refractivity contribution is 0.0198. The second kappa shape index (κ2) is 10.9. The molecule has 0 aliphatic carbocycles. The van der Waals surface area contributed by atoms with Crippen LogP contribution in [0.2, 0.25) is 0 Å². The number of benzene rings is 1. The normalized spacial score (nSPS) is 22.3. The van der Waals surface area contributed by atoms with Crippen LogP contribution in [0.5, 0.6) is 11.5 Å². The summed E-state index contributed by atoms with van der Waals surface area (Å²) in [5, 5.41) is 40.9. The Kier molecular flexibility index (Phi) is 8.98. The number of fused-ring (bicyclic) bond motifs is 1. The molecule has 0 saturated heterocycles. The van der Waals surface area contributed by atoms with E-state index in [1.165, 1.54) is 0 Å². The summed E-state index contributed by atoms with van der Waals surface area (Å²) >= 11 is 0. The molecule has 5 heteroatoms. The van der Waals surface area contributed by atoms with E-state index in [1.54, 1.807) is 18.2 Å². The monoisotopic (exact) mass is 446 g/mol. The number of aromatic hydroxyl groups is 1. The van der Waals surface area contributed by atoms with Gasteiger partial charge >= 0.3 is 0 Å². The summed E-state index contributed by atoms with van der Waals surface area (Å²) in [6, 6.07) is 3.53. The number of aliphatic hydroxyl groups is 3. The summed E-state index contributed by atoms with van der Waals surface area (Å²) in [5.74, 6) is 1.17. The van der Waals surface area contributed by atoms with Gasteiger partial charge in [-0.2, -0.15) is 0 Å². The maximum Gasteiger partial charge on any atom is 0.126 e. The molecule has 4 atom stereocenters. The number of allylic oxidation sites excluding steroid dienone is 2. The Balaban J connectivity index is 1.84. The van der Waals surface area contributed by atoms with Crippen LogP contribution in [-0.4, -0.2) is 43.8 Å². The van der Waals surface area contributed by atoms with E-state index in [0.717, 1.165) is 48.1 Å². The number of rotatable bonds is 10. The number of hydrogen-bond acceptors (Lipinski definition) is 5. The van der Waals surface area contributed by atoms with Crippen LogP contribution in [-0.2, 0) is 6.42 Å². The molecule has 0 fully saturated rings. The first-order valence-electron chi connectivity index (χ1n) is 11.7. The molecular formula is C27H42O5. The topological polar surface area (TPSA) is 90.2 Å². The zero-order chi connectivity index (χ0) is 24.1. The van der Waals surface area contributed by atoms with Crippen molar-refractivity contribution < 1.29 is 25.2 Å². The van der Waals surface area contributed by atoms with Gasteiger partial charge in [0.2, 0.25) is 0 Å². The number of phenols is 1. The molecule has 2 rings (SSSR count). The summed E-state index contributed by atoms with van der Waals surface area (Å²) in [7, 11) is 0. The van der Waals surface area contributed by atoms with E-state index in [4.69, 9.17) is 4.74 Å². The quantitative estimate of drug-likeness (QED) is 0.375. The Morgan fingerprint density at radius 1 is 1.22 bits per heavy atom. The van der Waals surface area contributed by atoms with E-state index < -0.39 is 17.8 Å². The maximum atomic E-state index is 10.8. The van der Waals surface area contributed by atoms with Crippen LogP contribution in [0.4, 0.5) is 0 Å². The molecule has 0 radical (unpaired) electrons. The molecule has 0 unspecified atom stereocenters. The molecule has 32 heavy (non-hydrogen) atoms. The van der Waals surface area contributed by atoms with Crippen LogP contribution >= 0.6 is 0 Å². The van der Waals surface area contributed by atoms with Gasteiger partial charge in [-0.3, -0.25) is 0 Å². The number of hydrogen-bond donors (Lipinski definition) is 4. The van der Waals surface area contributed by atoms with E-state index in [9.17, 15) is 20.4 Å². The molecule has 0 aromatic heterocycles. The van der Waals surface area contributed by atoms with Crippen LogP contribution < -0.4 is 4.74 Å². The Hall–Kier alpha value is -1.82. The van der Waals surface area contributed by atoms with E-state index in [-0.39, 0.29) is 11.4 Å². The van der Waals surface area contributed by atoms with Gasteiger partial charge in [-0.15, -0.1) is 0 Å². The predicted molar refractivity (Wildman–Crippen MR) is 129 cm³/mol. The van der Waals surface area contributed by atoms with Gasteiger partial charge in [0, 0.05) is 0 Å². The van der Waals surface area contributed by atoms with Gasteiger partial charge in [0.05, 0.1) is 5.60 Å². The molecule has 0 amide bonds. The second-order valence-electron chi connectivity index (χ2n) is 10.3. The van der Waals surface area contributed by atoms with Crippen molar-refractivity contribution in [2.75, 3.05) is 0 Å². The molecule has 1 aliphatic heterocycles. The molecule has 0 bridgehead atoms. The first-order valence-corrected chi connectivity index (χ1v) is 11.7. The van der Waals surface area contributed by atoms with Crippen molar-refractivity contribution in [2.45, 2.75) is 110 Å². The standard InChI is InChI=1S/C27H42O5/c1-18(2)15-23(29)24(30)19(3)9-7-11-26(5,31)12-8-13-27(6)14-10-21-17-22(28)16-20(4)25(21)32-27/h9,15-17,23-24,28-31H,7-8,10-14H2,1-6H3/t23-,24-,26+,27+/m0/s1. The van der Waals surface area contributed by atoms with Gasteiger partial charge in [0.1, 0.15) is 29.3 Å². The van der Waals surface area contributed by atoms with Gasteiger partial charge in [-0.25, -0.2) is 0 Å². The fraction of sp³-hybridized carbons (Fsp3) is 0.630. The molecule has 1 aromatic carbocycles. The smallest absolute Gasteiger partial charge is 0.126 e. The second-order valence-corrected chi connectivity index (χ2v) is 10.3. The average molecular weight is 447 g/mol. The highest BCUT2D eigenvalue weighted by Gasteiger charge is 2.33. The molecule has 0 spiro atoms. The Labute approximate surface area is 193 Å². The maximum absolute atomic E-state index is 10.8. The molecule has 0 saturated carbocycles. The largest absolute Gasteiger partial charge is 0.508 e. The lowest BCUT2D eigenvalue weighted by Crippen LogP contribution is -2.37. The summed E-state index contributed by atoms with van der Waals surface area (Å²) < 4.78 is 6.35. The zero-order valence-corrected chi connectivity index (χ0v) is 20.6. The Morgan fingerprint density at radius 2 is 1.91 bits per heavy atom. The summed E-state index contributed by atoms with van der Waals surface area (Å²) in [4.78, 5) is 0. The van der Waals surface area contributed by atoms with Crippen molar-refractivity contribution in [1.29, 1.82) is 0 Å². The highest BCUT2D eigenvalue weighted by molar-refractivity contribution is 5.47. The zero-order valence-electron chi connectivity index (χ0n) is 20.6. The summed E-state index contributed by atoms with van der Waals surface area (Å²) in [6.07, 6.45) is 7.08. The average Bonchev–Trinajstić information content (AvgIpc) is 2.67. The van der Waals surface area contributed by atoms with Gasteiger partial charge in [0.25, 0.3) is 0 Å². The lowest BCUT2D eigenvalue weighted by Gasteiger charge is -2.37. The van der Waals surface area contributed by atoms with E-state index in [0.29, 0.717) is 24.8 Å². The minimum atomic E-state index is -0.925. The molecule has 5 nitrogen and oxygen atoms in total. The molecule has 1 heterocycles. The van der Waals surface area contributed by atoms with Crippen molar-refractivity contribution in [3.05, 3.63) is 46.6 Å². The van der Waals surface area contributed by atoms with Gasteiger partial charge in [-0.05, 0) is 115 Å². The lowest BCUT2D eigenvalue weighted by atomic mass is 9.85. The van der Waals surface area contributed by atoms with Crippen LogP contribution in [0.1, 0.15) is 84.3 Å². The van der Waals surface area contributed by atoms with Crippen molar-refractivity contribution >= 4 is 0 Å². The van der Waals surface area contributed by atoms with Crippen molar-refractivity contribution in [2.24, 2.45) is 0 Å². The van der Waals surface area contributed by atoms with E-state index in [1.807, 2.05) is 40.7 Å². The third-order valence-electron chi connectivity index (χ3n) is 6.47. The molecule has 1 aromatic rings. The number of phenolic OH excluding ortho intramolecular Hbond substituents is 1. The number of aryl methyl sites for hydroxylation is 2. The molecular weight excluding hydrogens is 404 g/mol. The van der Waals surface area contributed by atoms with Gasteiger partial charge in [-0.1, -0.05) is 17.7 Å². The van der Waals surface area contributed by atoms with Crippen molar-refractivity contribution in [3.8, 4) is 11.5 Å². The minimum Gasteiger partial charge on any atom is -0.508 e. The first kappa shape index (κ1) is 26.4. The first-order chi connectivity index (χ1) is 14.8. The number of aliphatic hydroxyl groups excluding tert-OH is 2. The Bertz CT molecular complexity index is 835. The summed E-state index contributed by atoms with van der Waals surface area (Å²) in [5.41, 5.74) is 2.62.